The monoisotopic (exact) mass is 258 g/mol. The van der Waals surface area contributed by atoms with Gasteiger partial charge in [0.05, 0.1) is 0 Å². The summed E-state index contributed by atoms with van der Waals surface area (Å²) in [6, 6.07) is 10.9. The van der Waals surface area contributed by atoms with Crippen LogP contribution in [0.25, 0.3) is 0 Å². The van der Waals surface area contributed by atoms with Gasteiger partial charge in [-0.05, 0) is 69.3 Å². The summed E-state index contributed by atoms with van der Waals surface area (Å²) in [6.45, 7) is 6.43. The molecule has 3 rings (SSSR count). The number of likely N-dealkylation sites (tertiary alicyclic amines) is 1. The molecule has 0 aromatic heterocycles. The number of rotatable bonds is 4. The van der Waals surface area contributed by atoms with Crippen molar-refractivity contribution in [2.75, 3.05) is 32.7 Å². The molecule has 0 saturated carbocycles. The zero-order chi connectivity index (χ0) is 13.0. The minimum atomic E-state index is 0.665. The SMILES string of the molecule is c1ccc(CCCN2CCC3(CCNCC3)C2)cc1. The van der Waals surface area contributed by atoms with Crippen LogP contribution in [-0.4, -0.2) is 37.6 Å². The van der Waals surface area contributed by atoms with Crippen molar-refractivity contribution in [2.45, 2.75) is 32.1 Å². The molecule has 1 spiro atoms. The Kier molecular flexibility index (Phi) is 4.19. The minimum Gasteiger partial charge on any atom is -0.317 e. The van der Waals surface area contributed by atoms with Crippen molar-refractivity contribution in [3.8, 4) is 0 Å². The lowest BCUT2D eigenvalue weighted by molar-refractivity contribution is 0.196. The van der Waals surface area contributed by atoms with Gasteiger partial charge in [-0.15, -0.1) is 0 Å². The summed E-state index contributed by atoms with van der Waals surface area (Å²) in [7, 11) is 0. The summed E-state index contributed by atoms with van der Waals surface area (Å²) in [6.07, 6.45) is 6.74. The van der Waals surface area contributed by atoms with E-state index in [1.807, 2.05) is 0 Å². The molecular formula is C17H26N2. The molecule has 2 fully saturated rings. The topological polar surface area (TPSA) is 15.3 Å². The van der Waals surface area contributed by atoms with E-state index in [0.717, 1.165) is 0 Å². The first-order valence-corrected chi connectivity index (χ1v) is 7.83. The molecule has 0 amide bonds. The maximum Gasteiger partial charge on any atom is 0.00394 e. The molecule has 1 aromatic rings. The van der Waals surface area contributed by atoms with E-state index in [9.17, 15) is 0 Å². The van der Waals surface area contributed by atoms with E-state index < -0.39 is 0 Å². The Bertz CT molecular complexity index is 382. The van der Waals surface area contributed by atoms with Crippen molar-refractivity contribution < 1.29 is 0 Å². The average Bonchev–Trinajstić information content (AvgIpc) is 2.84. The molecule has 1 aromatic carbocycles. The highest BCUT2D eigenvalue weighted by molar-refractivity contribution is 5.14. The number of benzene rings is 1. The zero-order valence-corrected chi connectivity index (χ0v) is 11.9. The maximum absolute atomic E-state index is 3.50. The van der Waals surface area contributed by atoms with E-state index in [1.54, 1.807) is 0 Å². The third-order valence-electron chi connectivity index (χ3n) is 4.96. The lowest BCUT2D eigenvalue weighted by Gasteiger charge is -2.33. The predicted molar refractivity (Wildman–Crippen MR) is 80.4 cm³/mol. The molecule has 104 valence electrons. The standard InChI is InChI=1S/C17H26N2/c1-2-5-16(6-3-1)7-4-13-19-14-10-17(15-19)8-11-18-12-9-17/h1-3,5-6,18H,4,7-15H2. The van der Waals surface area contributed by atoms with Crippen LogP contribution in [0.1, 0.15) is 31.2 Å². The number of aryl methyl sites for hydroxylation is 1. The number of nitrogens with zero attached hydrogens (tertiary/aromatic N) is 1. The van der Waals surface area contributed by atoms with Crippen LogP contribution in [0.4, 0.5) is 0 Å². The van der Waals surface area contributed by atoms with E-state index in [2.05, 4.69) is 40.5 Å². The Hall–Kier alpha value is -0.860. The third kappa shape index (κ3) is 3.37. The second kappa shape index (κ2) is 6.06. The molecule has 2 nitrogen and oxygen atoms in total. The molecular weight excluding hydrogens is 232 g/mol. The Balaban J connectivity index is 1.42. The largest absolute Gasteiger partial charge is 0.317 e. The third-order valence-corrected chi connectivity index (χ3v) is 4.96. The van der Waals surface area contributed by atoms with E-state index in [4.69, 9.17) is 0 Å². The summed E-state index contributed by atoms with van der Waals surface area (Å²) < 4.78 is 0. The summed E-state index contributed by atoms with van der Waals surface area (Å²) in [4.78, 5) is 2.70. The quantitative estimate of drug-likeness (QED) is 0.893. The molecule has 0 radical (unpaired) electrons. The second-order valence-corrected chi connectivity index (χ2v) is 6.37. The van der Waals surface area contributed by atoms with Crippen LogP contribution in [-0.2, 0) is 6.42 Å². The first kappa shape index (κ1) is 13.1. The Morgan fingerprint density at radius 3 is 2.63 bits per heavy atom. The molecule has 0 bridgehead atoms. The molecule has 0 unspecified atom stereocenters. The van der Waals surface area contributed by atoms with Crippen LogP contribution in [0, 0.1) is 5.41 Å². The fourth-order valence-corrected chi connectivity index (χ4v) is 3.74. The summed E-state index contributed by atoms with van der Waals surface area (Å²) in [5, 5.41) is 3.50. The highest BCUT2D eigenvalue weighted by Crippen LogP contribution is 2.38. The Morgan fingerprint density at radius 1 is 1.05 bits per heavy atom. The Morgan fingerprint density at radius 2 is 1.84 bits per heavy atom. The minimum absolute atomic E-state index is 0.665. The lowest BCUT2D eigenvalue weighted by Crippen LogP contribution is -2.38. The van der Waals surface area contributed by atoms with Gasteiger partial charge in [-0.2, -0.15) is 0 Å². The van der Waals surface area contributed by atoms with Gasteiger partial charge in [0.25, 0.3) is 0 Å². The van der Waals surface area contributed by atoms with Crippen molar-refractivity contribution in [3.05, 3.63) is 35.9 Å². The summed E-state index contributed by atoms with van der Waals surface area (Å²) in [5.41, 5.74) is 2.15. The molecule has 2 saturated heterocycles. The number of piperidine rings is 1. The molecule has 2 heterocycles. The van der Waals surface area contributed by atoms with E-state index in [-0.39, 0.29) is 0 Å². The molecule has 1 N–H and O–H groups in total. The molecule has 2 aliphatic rings. The highest BCUT2D eigenvalue weighted by atomic mass is 15.2. The van der Waals surface area contributed by atoms with Crippen LogP contribution in [0.5, 0.6) is 0 Å². The molecule has 2 aliphatic heterocycles. The fraction of sp³-hybridized carbons (Fsp3) is 0.647. The molecule has 0 aliphatic carbocycles. The van der Waals surface area contributed by atoms with Gasteiger partial charge in [-0.25, -0.2) is 0 Å². The van der Waals surface area contributed by atoms with Crippen molar-refractivity contribution in [2.24, 2.45) is 5.41 Å². The van der Waals surface area contributed by atoms with Gasteiger partial charge in [0.15, 0.2) is 0 Å². The van der Waals surface area contributed by atoms with Crippen LogP contribution in [0.2, 0.25) is 0 Å². The van der Waals surface area contributed by atoms with Crippen LogP contribution >= 0.6 is 0 Å². The highest BCUT2D eigenvalue weighted by Gasteiger charge is 2.38. The first-order chi connectivity index (χ1) is 9.36. The fourth-order valence-electron chi connectivity index (χ4n) is 3.74. The van der Waals surface area contributed by atoms with Crippen molar-refractivity contribution in [1.29, 1.82) is 0 Å². The zero-order valence-electron chi connectivity index (χ0n) is 11.9. The van der Waals surface area contributed by atoms with Gasteiger partial charge >= 0.3 is 0 Å². The summed E-state index contributed by atoms with van der Waals surface area (Å²) in [5.74, 6) is 0. The van der Waals surface area contributed by atoms with Gasteiger partial charge in [0, 0.05) is 6.54 Å². The van der Waals surface area contributed by atoms with Crippen molar-refractivity contribution >= 4 is 0 Å². The van der Waals surface area contributed by atoms with Gasteiger partial charge in [0.2, 0.25) is 0 Å². The van der Waals surface area contributed by atoms with Crippen LogP contribution in [0.3, 0.4) is 0 Å². The summed E-state index contributed by atoms with van der Waals surface area (Å²) >= 11 is 0. The van der Waals surface area contributed by atoms with Gasteiger partial charge < -0.3 is 10.2 Å². The lowest BCUT2D eigenvalue weighted by atomic mass is 9.78. The Labute approximate surface area is 117 Å². The van der Waals surface area contributed by atoms with Crippen molar-refractivity contribution in [3.63, 3.8) is 0 Å². The van der Waals surface area contributed by atoms with Gasteiger partial charge in [0.1, 0.15) is 0 Å². The molecule has 0 atom stereocenters. The normalized spacial score (nSPS) is 22.9. The predicted octanol–water partition coefficient (Wildman–Crippen LogP) is 2.69. The van der Waals surface area contributed by atoms with Crippen LogP contribution < -0.4 is 5.32 Å². The smallest absolute Gasteiger partial charge is 0.00394 e. The number of hydrogen-bond donors (Lipinski definition) is 1. The van der Waals surface area contributed by atoms with Crippen LogP contribution in [0.15, 0.2) is 30.3 Å². The molecule has 19 heavy (non-hydrogen) atoms. The molecule has 2 heteroatoms. The second-order valence-electron chi connectivity index (χ2n) is 6.37. The number of nitrogens with one attached hydrogen (secondary N) is 1. The van der Waals surface area contributed by atoms with Gasteiger partial charge in [-0.3, -0.25) is 0 Å². The first-order valence-electron chi connectivity index (χ1n) is 7.83. The average molecular weight is 258 g/mol. The van der Waals surface area contributed by atoms with E-state index in [0.29, 0.717) is 5.41 Å². The van der Waals surface area contributed by atoms with Crippen molar-refractivity contribution in [1.82, 2.24) is 10.2 Å². The number of hydrogen-bond acceptors (Lipinski definition) is 2. The maximum atomic E-state index is 3.50. The van der Waals surface area contributed by atoms with E-state index in [1.165, 1.54) is 70.4 Å². The van der Waals surface area contributed by atoms with Gasteiger partial charge in [-0.1, -0.05) is 30.3 Å². The van der Waals surface area contributed by atoms with E-state index >= 15 is 0 Å².